The highest BCUT2D eigenvalue weighted by atomic mass is 14.3. The molecule has 0 radical (unpaired) electrons. The van der Waals surface area contributed by atoms with E-state index in [0.29, 0.717) is 18.3 Å². The van der Waals surface area contributed by atoms with Crippen LogP contribution in [-0.2, 0) is 0 Å². The molecule has 0 aromatic rings. The van der Waals surface area contributed by atoms with Crippen molar-refractivity contribution in [1.82, 2.24) is 0 Å². The summed E-state index contributed by atoms with van der Waals surface area (Å²) in [6, 6.07) is 4.69. The summed E-state index contributed by atoms with van der Waals surface area (Å²) in [6.07, 6.45) is 8.84. The first-order valence-electron chi connectivity index (χ1n) is 6.56. The molecule has 1 saturated carbocycles. The lowest BCUT2D eigenvalue weighted by atomic mass is 9.77. The van der Waals surface area contributed by atoms with Crippen molar-refractivity contribution in [2.24, 2.45) is 17.8 Å². The van der Waals surface area contributed by atoms with Gasteiger partial charge in [-0.1, -0.05) is 13.3 Å². The maximum Gasteiger partial charge on any atom is 0.0655 e. The molecule has 1 fully saturated rings. The van der Waals surface area contributed by atoms with Crippen LogP contribution in [0.1, 0.15) is 58.3 Å². The lowest BCUT2D eigenvalue weighted by Gasteiger charge is -2.27. The number of nitriles is 2. The van der Waals surface area contributed by atoms with Gasteiger partial charge in [-0.05, 0) is 50.4 Å². The number of hydrogen-bond donors (Lipinski definition) is 0. The van der Waals surface area contributed by atoms with Crippen molar-refractivity contribution in [2.45, 2.75) is 58.3 Å². The average Bonchev–Trinajstić information content (AvgIpc) is 2.31. The fraction of sp³-hybridized carbons (Fsp3) is 0.857. The van der Waals surface area contributed by atoms with Crippen LogP contribution in [0.5, 0.6) is 0 Å². The zero-order valence-electron chi connectivity index (χ0n) is 10.3. The molecule has 2 heteroatoms. The van der Waals surface area contributed by atoms with Crippen LogP contribution in [0, 0.1) is 40.4 Å². The summed E-state index contributed by atoms with van der Waals surface area (Å²) in [4.78, 5) is 0. The SMILES string of the molecule is CCCC(CC#N)CC1CCC(C#N)CC1. The third kappa shape index (κ3) is 4.23. The van der Waals surface area contributed by atoms with E-state index < -0.39 is 0 Å². The van der Waals surface area contributed by atoms with Gasteiger partial charge in [-0.25, -0.2) is 0 Å². The molecule has 0 saturated heterocycles. The molecule has 1 aliphatic carbocycles. The summed E-state index contributed by atoms with van der Waals surface area (Å²) in [6.45, 7) is 2.19. The highest BCUT2D eigenvalue weighted by Gasteiger charge is 2.23. The van der Waals surface area contributed by atoms with E-state index in [-0.39, 0.29) is 0 Å². The van der Waals surface area contributed by atoms with Crippen LogP contribution >= 0.6 is 0 Å². The summed E-state index contributed by atoms with van der Waals surface area (Å²) in [7, 11) is 0. The van der Waals surface area contributed by atoms with Crippen LogP contribution in [0.15, 0.2) is 0 Å². The van der Waals surface area contributed by atoms with E-state index in [4.69, 9.17) is 10.5 Å². The summed E-state index contributed by atoms with van der Waals surface area (Å²) < 4.78 is 0. The highest BCUT2D eigenvalue weighted by Crippen LogP contribution is 2.34. The predicted octanol–water partition coefficient (Wildman–Crippen LogP) is 4.04. The van der Waals surface area contributed by atoms with E-state index in [1.807, 2.05) is 0 Å². The van der Waals surface area contributed by atoms with Gasteiger partial charge in [0.05, 0.1) is 12.1 Å². The van der Waals surface area contributed by atoms with Crippen molar-refractivity contribution < 1.29 is 0 Å². The summed E-state index contributed by atoms with van der Waals surface area (Å²) in [5, 5.41) is 17.6. The monoisotopic (exact) mass is 218 g/mol. The molecule has 0 aliphatic heterocycles. The third-order valence-corrected chi connectivity index (χ3v) is 3.77. The van der Waals surface area contributed by atoms with E-state index in [9.17, 15) is 0 Å². The van der Waals surface area contributed by atoms with Crippen LogP contribution in [-0.4, -0.2) is 0 Å². The molecule has 2 nitrogen and oxygen atoms in total. The average molecular weight is 218 g/mol. The van der Waals surface area contributed by atoms with Crippen molar-refractivity contribution in [3.8, 4) is 12.1 Å². The van der Waals surface area contributed by atoms with E-state index in [2.05, 4.69) is 19.1 Å². The molecule has 0 N–H and O–H groups in total. The number of hydrogen-bond acceptors (Lipinski definition) is 2. The van der Waals surface area contributed by atoms with E-state index in [1.54, 1.807) is 0 Å². The zero-order valence-corrected chi connectivity index (χ0v) is 10.3. The molecule has 1 rings (SSSR count). The van der Waals surface area contributed by atoms with E-state index in [0.717, 1.165) is 18.8 Å². The van der Waals surface area contributed by atoms with Crippen LogP contribution in [0.4, 0.5) is 0 Å². The van der Waals surface area contributed by atoms with Crippen LogP contribution < -0.4 is 0 Å². The van der Waals surface area contributed by atoms with Gasteiger partial charge in [0.2, 0.25) is 0 Å². The Hall–Kier alpha value is -1.02. The van der Waals surface area contributed by atoms with Crippen molar-refractivity contribution in [1.29, 1.82) is 10.5 Å². The van der Waals surface area contributed by atoms with Crippen LogP contribution in [0.25, 0.3) is 0 Å². The van der Waals surface area contributed by atoms with Gasteiger partial charge in [-0.2, -0.15) is 10.5 Å². The van der Waals surface area contributed by atoms with Gasteiger partial charge in [0.25, 0.3) is 0 Å². The minimum Gasteiger partial charge on any atom is -0.198 e. The highest BCUT2D eigenvalue weighted by molar-refractivity contribution is 4.88. The van der Waals surface area contributed by atoms with Crippen LogP contribution in [0.3, 0.4) is 0 Å². The maximum atomic E-state index is 8.83. The summed E-state index contributed by atoms with van der Waals surface area (Å²) >= 11 is 0. The summed E-state index contributed by atoms with van der Waals surface area (Å²) in [5.74, 6) is 1.67. The van der Waals surface area contributed by atoms with Gasteiger partial charge in [-0.15, -0.1) is 0 Å². The lowest BCUT2D eigenvalue weighted by molar-refractivity contribution is 0.255. The van der Waals surface area contributed by atoms with Gasteiger partial charge in [0, 0.05) is 12.3 Å². The Bertz CT molecular complexity index is 263. The zero-order chi connectivity index (χ0) is 11.8. The fourth-order valence-electron chi connectivity index (χ4n) is 2.84. The number of rotatable bonds is 5. The lowest BCUT2D eigenvalue weighted by Crippen LogP contribution is -2.16. The second-order valence-corrected chi connectivity index (χ2v) is 5.10. The Morgan fingerprint density at radius 3 is 2.38 bits per heavy atom. The first kappa shape index (κ1) is 13.0. The van der Waals surface area contributed by atoms with Crippen LogP contribution in [0.2, 0.25) is 0 Å². The molecule has 0 amide bonds. The molecule has 1 aliphatic rings. The second-order valence-electron chi connectivity index (χ2n) is 5.10. The molecule has 88 valence electrons. The summed E-state index contributed by atoms with van der Waals surface area (Å²) in [5.41, 5.74) is 0. The molecule has 0 aromatic carbocycles. The molecule has 0 spiro atoms. The first-order valence-corrected chi connectivity index (χ1v) is 6.56. The molecule has 1 unspecified atom stereocenters. The van der Waals surface area contributed by atoms with Crippen molar-refractivity contribution in [2.75, 3.05) is 0 Å². The smallest absolute Gasteiger partial charge is 0.0655 e. The van der Waals surface area contributed by atoms with Gasteiger partial charge >= 0.3 is 0 Å². The molecule has 16 heavy (non-hydrogen) atoms. The topological polar surface area (TPSA) is 47.6 Å². The third-order valence-electron chi connectivity index (χ3n) is 3.77. The van der Waals surface area contributed by atoms with Crippen molar-refractivity contribution in [3.05, 3.63) is 0 Å². The molecule has 0 bridgehead atoms. The quantitative estimate of drug-likeness (QED) is 0.699. The Morgan fingerprint density at radius 1 is 1.19 bits per heavy atom. The van der Waals surface area contributed by atoms with Crippen molar-refractivity contribution >= 4 is 0 Å². The largest absolute Gasteiger partial charge is 0.198 e. The van der Waals surface area contributed by atoms with E-state index >= 15 is 0 Å². The Kier molecular flexibility index (Phi) is 5.94. The minimum absolute atomic E-state index is 0.303. The Balaban J connectivity index is 2.31. The standard InChI is InChI=1S/C14H22N2/c1-2-3-12(8-9-15)10-13-4-6-14(11-16)7-5-13/h12-14H,2-8,10H2,1H3. The molecule has 0 aromatic heterocycles. The molecule has 0 heterocycles. The second kappa shape index (κ2) is 7.29. The fourth-order valence-corrected chi connectivity index (χ4v) is 2.84. The minimum atomic E-state index is 0.303. The maximum absolute atomic E-state index is 8.83. The number of nitrogens with zero attached hydrogens (tertiary/aromatic N) is 2. The molecule has 1 atom stereocenters. The molecular formula is C14H22N2. The van der Waals surface area contributed by atoms with Gasteiger partial charge < -0.3 is 0 Å². The first-order chi connectivity index (χ1) is 7.80. The predicted molar refractivity (Wildman–Crippen MR) is 64.3 cm³/mol. The Morgan fingerprint density at radius 2 is 1.88 bits per heavy atom. The normalized spacial score (nSPS) is 26.7. The van der Waals surface area contributed by atoms with Gasteiger partial charge in [0.15, 0.2) is 0 Å². The van der Waals surface area contributed by atoms with E-state index in [1.165, 1.54) is 32.1 Å². The van der Waals surface area contributed by atoms with Crippen molar-refractivity contribution in [3.63, 3.8) is 0 Å². The Labute approximate surface area is 99.3 Å². The van der Waals surface area contributed by atoms with Gasteiger partial charge in [-0.3, -0.25) is 0 Å². The van der Waals surface area contributed by atoms with Gasteiger partial charge in [0.1, 0.15) is 0 Å². The molecular weight excluding hydrogens is 196 g/mol.